The van der Waals surface area contributed by atoms with Gasteiger partial charge in [0, 0.05) is 0 Å². The average molecular weight is 825 g/mol. The number of ether oxygens (including phenoxy) is 4. The number of hydrogen-bond acceptors (Lipinski definition) is 4. The van der Waals surface area contributed by atoms with Crippen LogP contribution in [0.15, 0.2) is 91.0 Å². The summed E-state index contributed by atoms with van der Waals surface area (Å²) < 4.78 is 28.4. The Morgan fingerprint density at radius 3 is 1.22 bits per heavy atom. The van der Waals surface area contributed by atoms with E-state index in [9.17, 15) is 0 Å². The predicted molar refractivity (Wildman–Crippen MR) is 255 cm³/mol. The molecule has 0 amide bonds. The highest BCUT2D eigenvalue weighted by Crippen LogP contribution is 2.41. The summed E-state index contributed by atoms with van der Waals surface area (Å²) in [4.78, 5) is 0. The maximum absolute atomic E-state index is 7.40. The Balaban J connectivity index is 1.56. The SMILES string of the molecule is CCCCCCCCC(CCCCCC)CO[C@@H]1[C@@H](OCC(CCCCCC)CCCCCCCC)CO[C@@H]1COC(c1ccccc1)(c1ccccc1)c1ccccc1. The van der Waals surface area contributed by atoms with Crippen molar-refractivity contribution in [2.24, 2.45) is 11.8 Å². The fraction of sp³-hybridized carbons (Fsp3) is 0.679. The van der Waals surface area contributed by atoms with Crippen molar-refractivity contribution in [1.29, 1.82) is 0 Å². The van der Waals surface area contributed by atoms with Crippen LogP contribution in [0.5, 0.6) is 0 Å². The molecular weight excluding hydrogens is 737 g/mol. The molecule has 1 aliphatic rings. The zero-order valence-corrected chi connectivity index (χ0v) is 39.0. The fourth-order valence-electron chi connectivity index (χ4n) is 9.40. The molecule has 0 spiro atoms. The first-order chi connectivity index (χ1) is 29.7. The van der Waals surface area contributed by atoms with Crippen molar-refractivity contribution in [3.8, 4) is 0 Å². The van der Waals surface area contributed by atoms with Crippen LogP contribution in [0.3, 0.4) is 0 Å². The van der Waals surface area contributed by atoms with Crippen LogP contribution in [0.1, 0.15) is 198 Å². The molecule has 0 saturated carbocycles. The first kappa shape index (κ1) is 50.1. The monoisotopic (exact) mass is 825 g/mol. The Labute approximate surface area is 369 Å². The summed E-state index contributed by atoms with van der Waals surface area (Å²) in [6.07, 6.45) is 31.0. The lowest BCUT2D eigenvalue weighted by Crippen LogP contribution is -2.42. The third-order valence-electron chi connectivity index (χ3n) is 13.1. The van der Waals surface area contributed by atoms with E-state index in [2.05, 4.69) is 119 Å². The van der Waals surface area contributed by atoms with Crippen molar-refractivity contribution in [3.63, 3.8) is 0 Å². The van der Waals surface area contributed by atoms with Gasteiger partial charge >= 0.3 is 0 Å². The molecule has 4 nitrogen and oxygen atoms in total. The molecule has 1 aliphatic heterocycles. The van der Waals surface area contributed by atoms with Crippen molar-refractivity contribution < 1.29 is 18.9 Å². The third-order valence-corrected chi connectivity index (χ3v) is 13.1. The molecule has 0 aromatic heterocycles. The van der Waals surface area contributed by atoms with E-state index in [0.717, 1.165) is 29.9 Å². The molecule has 0 N–H and O–H groups in total. The highest BCUT2D eigenvalue weighted by molar-refractivity contribution is 5.47. The molecule has 5 atom stereocenters. The Morgan fingerprint density at radius 1 is 0.467 bits per heavy atom. The van der Waals surface area contributed by atoms with Crippen LogP contribution < -0.4 is 0 Å². The molecule has 0 radical (unpaired) electrons. The fourth-order valence-corrected chi connectivity index (χ4v) is 9.40. The van der Waals surface area contributed by atoms with Crippen molar-refractivity contribution in [2.75, 3.05) is 26.4 Å². The second kappa shape index (κ2) is 31.4. The van der Waals surface area contributed by atoms with E-state index in [0.29, 0.717) is 25.0 Å². The summed E-state index contributed by atoms with van der Waals surface area (Å²) in [6, 6.07) is 32.2. The van der Waals surface area contributed by atoms with E-state index < -0.39 is 5.60 Å². The molecule has 3 aromatic carbocycles. The van der Waals surface area contributed by atoms with Crippen LogP contribution in [0.25, 0.3) is 0 Å². The van der Waals surface area contributed by atoms with E-state index >= 15 is 0 Å². The normalized spacial score (nSPS) is 17.9. The molecule has 3 aromatic rings. The maximum atomic E-state index is 7.40. The summed E-state index contributed by atoms with van der Waals surface area (Å²) in [6.45, 7) is 11.7. The molecule has 2 unspecified atom stereocenters. The van der Waals surface area contributed by atoms with Gasteiger partial charge in [0.25, 0.3) is 0 Å². The minimum absolute atomic E-state index is 0.101. The van der Waals surface area contributed by atoms with Gasteiger partial charge in [-0.15, -0.1) is 0 Å². The van der Waals surface area contributed by atoms with E-state index in [1.54, 1.807) is 0 Å². The first-order valence-corrected chi connectivity index (χ1v) is 25.3. The van der Waals surface area contributed by atoms with E-state index in [4.69, 9.17) is 18.9 Å². The summed E-state index contributed by atoms with van der Waals surface area (Å²) in [5.74, 6) is 1.15. The summed E-state index contributed by atoms with van der Waals surface area (Å²) in [5.41, 5.74) is 2.52. The van der Waals surface area contributed by atoms with Gasteiger partial charge in [0.1, 0.15) is 23.9 Å². The van der Waals surface area contributed by atoms with Gasteiger partial charge in [-0.05, 0) is 54.2 Å². The summed E-state index contributed by atoms with van der Waals surface area (Å²) in [5, 5.41) is 0. The lowest BCUT2D eigenvalue weighted by Gasteiger charge is -2.37. The third kappa shape index (κ3) is 17.7. The lowest BCUT2D eigenvalue weighted by molar-refractivity contribution is -0.107. The van der Waals surface area contributed by atoms with Crippen LogP contribution in [-0.2, 0) is 24.5 Å². The summed E-state index contributed by atoms with van der Waals surface area (Å²) >= 11 is 0. The quantitative estimate of drug-likeness (QED) is 0.0432. The topological polar surface area (TPSA) is 36.9 Å². The smallest absolute Gasteiger partial charge is 0.143 e. The van der Waals surface area contributed by atoms with Gasteiger partial charge < -0.3 is 18.9 Å². The number of unbranched alkanes of at least 4 members (excludes halogenated alkanes) is 16. The van der Waals surface area contributed by atoms with Gasteiger partial charge in [0.05, 0.1) is 26.4 Å². The molecule has 4 rings (SSSR count). The Bertz CT molecular complexity index is 1320. The van der Waals surface area contributed by atoms with Crippen molar-refractivity contribution in [1.82, 2.24) is 0 Å². The number of hydrogen-bond donors (Lipinski definition) is 0. The molecule has 0 aliphatic carbocycles. The van der Waals surface area contributed by atoms with Crippen LogP contribution in [-0.4, -0.2) is 44.7 Å². The zero-order valence-electron chi connectivity index (χ0n) is 39.0. The van der Waals surface area contributed by atoms with Gasteiger partial charge in [0.15, 0.2) is 0 Å². The van der Waals surface area contributed by atoms with E-state index in [1.165, 1.54) is 154 Å². The summed E-state index contributed by atoms with van der Waals surface area (Å²) in [7, 11) is 0. The van der Waals surface area contributed by atoms with Crippen LogP contribution in [0, 0.1) is 11.8 Å². The van der Waals surface area contributed by atoms with Crippen LogP contribution in [0.2, 0.25) is 0 Å². The Hall–Kier alpha value is -2.50. The highest BCUT2D eigenvalue weighted by Gasteiger charge is 2.44. The lowest BCUT2D eigenvalue weighted by atomic mass is 9.80. The minimum atomic E-state index is -0.809. The molecular formula is C56H88O4. The van der Waals surface area contributed by atoms with Gasteiger partial charge in [-0.25, -0.2) is 0 Å². The van der Waals surface area contributed by atoms with E-state index in [1.807, 2.05) is 0 Å². The number of rotatable bonds is 36. The minimum Gasteiger partial charge on any atom is -0.373 e. The molecule has 0 bridgehead atoms. The standard InChI is InChI=1S/C56H88O4/c1-5-9-13-17-19-26-36-48(34-24-15-11-7-3)44-57-53-46-58-54(55(53)59-45-49(35-25-16-12-8-4)37-27-20-18-14-10-6-2)47-60-56(50-38-28-21-29-39-50,51-40-30-22-31-41-51)52-42-32-23-33-43-52/h21-23,28-33,38-43,48-49,53-55H,5-20,24-27,34-37,44-47H2,1-4H3/t48?,49?,53-,54+,55+/m0/s1. The molecule has 4 heteroatoms. The zero-order chi connectivity index (χ0) is 42.4. The molecule has 60 heavy (non-hydrogen) atoms. The van der Waals surface area contributed by atoms with Crippen molar-refractivity contribution >= 4 is 0 Å². The molecule has 1 heterocycles. The van der Waals surface area contributed by atoms with E-state index in [-0.39, 0.29) is 18.3 Å². The van der Waals surface area contributed by atoms with Gasteiger partial charge in [-0.2, -0.15) is 0 Å². The molecule has 1 fully saturated rings. The van der Waals surface area contributed by atoms with Crippen LogP contribution >= 0.6 is 0 Å². The average Bonchev–Trinajstić information content (AvgIpc) is 3.68. The number of benzene rings is 3. The Kier molecular flexibility index (Phi) is 26.2. The predicted octanol–water partition coefficient (Wildman–Crippen LogP) is 15.8. The van der Waals surface area contributed by atoms with Crippen LogP contribution in [0.4, 0.5) is 0 Å². The second-order valence-electron chi connectivity index (χ2n) is 18.2. The molecule has 1 saturated heterocycles. The van der Waals surface area contributed by atoms with Gasteiger partial charge in [-0.3, -0.25) is 0 Å². The van der Waals surface area contributed by atoms with Gasteiger partial charge in [-0.1, -0.05) is 247 Å². The van der Waals surface area contributed by atoms with Gasteiger partial charge in [0.2, 0.25) is 0 Å². The Morgan fingerprint density at radius 2 is 0.817 bits per heavy atom. The maximum Gasteiger partial charge on any atom is 0.143 e. The van der Waals surface area contributed by atoms with Crippen molar-refractivity contribution in [3.05, 3.63) is 108 Å². The first-order valence-electron chi connectivity index (χ1n) is 25.3. The second-order valence-corrected chi connectivity index (χ2v) is 18.2. The largest absolute Gasteiger partial charge is 0.373 e. The van der Waals surface area contributed by atoms with Crippen molar-refractivity contribution in [2.45, 2.75) is 206 Å². The highest BCUT2D eigenvalue weighted by atomic mass is 16.6. The molecule has 336 valence electrons.